The molecule has 1 N–H and O–H groups in total. The van der Waals surface area contributed by atoms with Crippen LogP contribution < -0.4 is 5.56 Å². The lowest BCUT2D eigenvalue weighted by atomic mass is 10.1. The predicted molar refractivity (Wildman–Crippen MR) is 87.9 cm³/mol. The van der Waals surface area contributed by atoms with Crippen LogP contribution in [0, 0.1) is 0 Å². The molecule has 0 spiro atoms. The van der Waals surface area contributed by atoms with Crippen molar-refractivity contribution in [1.29, 1.82) is 0 Å². The molecule has 24 heavy (non-hydrogen) atoms. The van der Waals surface area contributed by atoms with Crippen molar-refractivity contribution in [3.8, 4) is 11.3 Å². The van der Waals surface area contributed by atoms with Crippen LogP contribution in [-0.4, -0.2) is 25.8 Å². The van der Waals surface area contributed by atoms with Crippen molar-refractivity contribution in [2.45, 2.75) is 33.2 Å². The monoisotopic (exact) mass is 327 g/mol. The van der Waals surface area contributed by atoms with Crippen molar-refractivity contribution in [3.05, 3.63) is 46.0 Å². The molecule has 0 aliphatic heterocycles. The van der Waals surface area contributed by atoms with Crippen LogP contribution in [0.4, 0.5) is 0 Å². The van der Waals surface area contributed by atoms with Gasteiger partial charge in [-0.25, -0.2) is 0 Å². The average molecular weight is 327 g/mol. The molecule has 0 fully saturated rings. The van der Waals surface area contributed by atoms with E-state index in [1.54, 1.807) is 6.92 Å². The van der Waals surface area contributed by atoms with Crippen LogP contribution in [0.1, 0.15) is 25.2 Å². The van der Waals surface area contributed by atoms with Gasteiger partial charge in [0.1, 0.15) is 23.4 Å². The number of carbonyl (C=O) groups is 1. The fraction of sp³-hybridized carbons (Fsp3) is 0.294. The third-order valence-corrected chi connectivity index (χ3v) is 3.92. The van der Waals surface area contributed by atoms with Crippen LogP contribution in [0.25, 0.3) is 22.4 Å². The van der Waals surface area contributed by atoms with Crippen LogP contribution in [0.3, 0.4) is 0 Å². The number of carboxylic acids is 1. The Kier molecular flexibility index (Phi) is 4.16. The van der Waals surface area contributed by atoms with E-state index < -0.39 is 18.1 Å². The Balaban J connectivity index is 2.23. The first-order valence-corrected chi connectivity index (χ1v) is 7.75. The number of rotatable bonds is 5. The second-order valence-electron chi connectivity index (χ2n) is 5.43. The SMILES string of the molecule is CCc1ccc(-c2noc3nc(CC)n(CC(=O)O)c(=O)c23)cc1. The second-order valence-corrected chi connectivity index (χ2v) is 5.43. The van der Waals surface area contributed by atoms with Crippen LogP contribution in [0.2, 0.25) is 0 Å². The summed E-state index contributed by atoms with van der Waals surface area (Å²) in [5.41, 5.74) is 1.97. The molecular formula is C17H17N3O4. The number of hydrogen-bond donors (Lipinski definition) is 1. The lowest BCUT2D eigenvalue weighted by molar-refractivity contribution is -0.137. The van der Waals surface area contributed by atoms with Crippen molar-refractivity contribution in [3.63, 3.8) is 0 Å². The molecule has 0 atom stereocenters. The topological polar surface area (TPSA) is 98.2 Å². The third-order valence-electron chi connectivity index (χ3n) is 3.92. The fourth-order valence-corrected chi connectivity index (χ4v) is 2.64. The Morgan fingerprint density at radius 1 is 1.21 bits per heavy atom. The molecule has 0 aliphatic rings. The van der Waals surface area contributed by atoms with Crippen molar-refractivity contribution < 1.29 is 14.4 Å². The fourth-order valence-electron chi connectivity index (χ4n) is 2.64. The Morgan fingerprint density at radius 2 is 1.92 bits per heavy atom. The summed E-state index contributed by atoms with van der Waals surface area (Å²) in [7, 11) is 0. The summed E-state index contributed by atoms with van der Waals surface area (Å²) >= 11 is 0. The summed E-state index contributed by atoms with van der Waals surface area (Å²) in [4.78, 5) is 28.1. The van der Waals surface area contributed by atoms with Gasteiger partial charge >= 0.3 is 5.97 Å². The maximum Gasteiger partial charge on any atom is 0.323 e. The van der Waals surface area contributed by atoms with Crippen molar-refractivity contribution >= 4 is 17.1 Å². The van der Waals surface area contributed by atoms with Crippen molar-refractivity contribution in [1.82, 2.24) is 14.7 Å². The number of aliphatic carboxylic acids is 1. The van der Waals surface area contributed by atoms with E-state index in [-0.39, 0.29) is 11.1 Å². The van der Waals surface area contributed by atoms with Gasteiger partial charge in [-0.3, -0.25) is 14.2 Å². The number of aryl methyl sites for hydroxylation is 2. The van der Waals surface area contributed by atoms with Crippen molar-refractivity contribution in [2.75, 3.05) is 0 Å². The van der Waals surface area contributed by atoms with E-state index in [0.717, 1.165) is 16.6 Å². The summed E-state index contributed by atoms with van der Waals surface area (Å²) in [5.74, 6) is -0.739. The molecule has 3 rings (SSSR count). The third kappa shape index (κ3) is 2.68. The van der Waals surface area contributed by atoms with E-state index >= 15 is 0 Å². The van der Waals surface area contributed by atoms with Crippen LogP contribution in [-0.2, 0) is 24.2 Å². The number of fused-ring (bicyclic) bond motifs is 1. The number of benzene rings is 1. The van der Waals surface area contributed by atoms with Gasteiger partial charge in [0.05, 0.1) is 0 Å². The normalized spacial score (nSPS) is 11.1. The summed E-state index contributed by atoms with van der Waals surface area (Å²) in [6.07, 6.45) is 1.33. The molecule has 2 aromatic heterocycles. The zero-order chi connectivity index (χ0) is 17.3. The molecule has 7 heteroatoms. The Labute approximate surface area is 137 Å². The van der Waals surface area contributed by atoms with Gasteiger partial charge in [-0.2, -0.15) is 4.98 Å². The Bertz CT molecular complexity index is 954. The number of carboxylic acid groups (broad SMARTS) is 1. The minimum absolute atomic E-state index is 0.132. The molecule has 1 aromatic carbocycles. The quantitative estimate of drug-likeness (QED) is 0.772. The number of hydrogen-bond acceptors (Lipinski definition) is 5. The average Bonchev–Trinajstić information content (AvgIpc) is 3.01. The van der Waals surface area contributed by atoms with Gasteiger partial charge in [0.25, 0.3) is 11.3 Å². The van der Waals surface area contributed by atoms with Crippen molar-refractivity contribution in [2.24, 2.45) is 0 Å². The first kappa shape index (κ1) is 15.9. The van der Waals surface area contributed by atoms with Gasteiger partial charge in [-0.15, -0.1) is 0 Å². The van der Waals surface area contributed by atoms with E-state index in [2.05, 4.69) is 17.1 Å². The Morgan fingerprint density at radius 3 is 2.50 bits per heavy atom. The van der Waals surface area contributed by atoms with Gasteiger partial charge in [0, 0.05) is 12.0 Å². The smallest absolute Gasteiger partial charge is 0.323 e. The molecule has 0 saturated carbocycles. The molecule has 0 radical (unpaired) electrons. The summed E-state index contributed by atoms with van der Waals surface area (Å²) < 4.78 is 6.38. The lowest BCUT2D eigenvalue weighted by Gasteiger charge is -2.08. The first-order valence-electron chi connectivity index (χ1n) is 7.75. The molecule has 2 heterocycles. The van der Waals surface area contributed by atoms with Gasteiger partial charge in [0.15, 0.2) is 0 Å². The Hall–Kier alpha value is -2.96. The number of aromatic nitrogens is 3. The van der Waals surface area contributed by atoms with Gasteiger partial charge < -0.3 is 9.63 Å². The van der Waals surface area contributed by atoms with E-state index in [1.807, 2.05) is 24.3 Å². The molecule has 0 amide bonds. The summed E-state index contributed by atoms with van der Waals surface area (Å²) in [6.45, 7) is 3.41. The molecule has 0 aliphatic carbocycles. The second kappa shape index (κ2) is 6.27. The maximum absolute atomic E-state index is 12.8. The van der Waals surface area contributed by atoms with Gasteiger partial charge in [-0.1, -0.05) is 43.3 Å². The zero-order valence-electron chi connectivity index (χ0n) is 13.4. The van der Waals surface area contributed by atoms with Gasteiger partial charge in [0.2, 0.25) is 0 Å². The van der Waals surface area contributed by atoms with E-state index in [1.165, 1.54) is 5.56 Å². The summed E-state index contributed by atoms with van der Waals surface area (Å²) in [5, 5.41) is 13.2. The van der Waals surface area contributed by atoms with Crippen LogP contribution >= 0.6 is 0 Å². The lowest BCUT2D eigenvalue weighted by Crippen LogP contribution is -2.28. The molecule has 0 saturated heterocycles. The summed E-state index contributed by atoms with van der Waals surface area (Å²) in [6, 6.07) is 7.65. The largest absolute Gasteiger partial charge is 0.480 e. The minimum atomic E-state index is -1.10. The molecule has 0 unspecified atom stereocenters. The first-order chi connectivity index (χ1) is 11.5. The minimum Gasteiger partial charge on any atom is -0.480 e. The number of nitrogens with zero attached hydrogens (tertiary/aromatic N) is 3. The molecule has 3 aromatic rings. The highest BCUT2D eigenvalue weighted by Crippen LogP contribution is 2.25. The van der Waals surface area contributed by atoms with E-state index in [9.17, 15) is 9.59 Å². The highest BCUT2D eigenvalue weighted by Gasteiger charge is 2.20. The van der Waals surface area contributed by atoms with E-state index in [4.69, 9.17) is 9.63 Å². The zero-order valence-corrected chi connectivity index (χ0v) is 13.4. The van der Waals surface area contributed by atoms with E-state index in [0.29, 0.717) is 17.9 Å². The standard InChI is InChI=1S/C17H17N3O4/c1-3-10-5-7-11(8-6-10)15-14-16(24-19-15)18-12(4-2)20(17(14)23)9-13(21)22/h5-8H,3-4,9H2,1-2H3,(H,21,22). The maximum atomic E-state index is 12.8. The molecular weight excluding hydrogens is 310 g/mol. The molecule has 7 nitrogen and oxygen atoms in total. The molecule has 0 bridgehead atoms. The van der Waals surface area contributed by atoms with Crippen LogP contribution in [0.5, 0.6) is 0 Å². The molecule has 124 valence electrons. The van der Waals surface area contributed by atoms with Crippen LogP contribution in [0.15, 0.2) is 33.6 Å². The highest BCUT2D eigenvalue weighted by atomic mass is 16.5. The van der Waals surface area contributed by atoms with Gasteiger partial charge in [-0.05, 0) is 12.0 Å². The highest BCUT2D eigenvalue weighted by molar-refractivity contribution is 5.88. The predicted octanol–water partition coefficient (Wildman–Crippen LogP) is 2.26.